The van der Waals surface area contributed by atoms with Crippen molar-refractivity contribution < 1.29 is 9.59 Å². The molecule has 2 amide bonds. The number of hydrogen-bond donors (Lipinski definition) is 3. The number of nitrogens with one attached hydrogen (secondary N) is 3. The first kappa shape index (κ1) is 19.9. The lowest BCUT2D eigenvalue weighted by Gasteiger charge is -2.08. The molecule has 0 unspecified atom stereocenters. The summed E-state index contributed by atoms with van der Waals surface area (Å²) in [6.07, 6.45) is 7.70. The molecule has 0 aliphatic heterocycles. The molecule has 3 N–H and O–H groups in total. The van der Waals surface area contributed by atoms with E-state index in [2.05, 4.69) is 29.8 Å². The van der Waals surface area contributed by atoms with Crippen LogP contribution in [-0.2, 0) is 9.59 Å². The summed E-state index contributed by atoms with van der Waals surface area (Å²) in [5.74, 6) is 0.268. The van der Waals surface area contributed by atoms with E-state index in [4.69, 9.17) is 0 Å². The Labute approximate surface area is 129 Å². The Morgan fingerprint density at radius 1 is 0.667 bits per heavy atom. The number of hydrogen-bond acceptors (Lipinski definition) is 3. The van der Waals surface area contributed by atoms with Crippen LogP contribution in [0.3, 0.4) is 0 Å². The third kappa shape index (κ3) is 15.1. The van der Waals surface area contributed by atoms with Crippen LogP contribution in [0.15, 0.2) is 0 Å². The lowest BCUT2D eigenvalue weighted by Crippen LogP contribution is -2.36. The second-order valence-electron chi connectivity index (χ2n) is 5.36. The highest BCUT2D eigenvalue weighted by molar-refractivity contribution is 5.76. The van der Waals surface area contributed by atoms with E-state index in [0.717, 1.165) is 51.6 Å². The van der Waals surface area contributed by atoms with Crippen LogP contribution in [0.25, 0.3) is 0 Å². The first-order valence-corrected chi connectivity index (χ1v) is 8.44. The summed E-state index contributed by atoms with van der Waals surface area (Å²) < 4.78 is 0. The second-order valence-corrected chi connectivity index (χ2v) is 5.36. The minimum atomic E-state index is 0.134. The second kappa shape index (κ2) is 15.3. The van der Waals surface area contributed by atoms with Gasteiger partial charge in [0.05, 0.1) is 0 Å². The number of carbonyl (C=O) groups is 2. The molecule has 0 aromatic heterocycles. The van der Waals surface area contributed by atoms with Crippen molar-refractivity contribution in [1.82, 2.24) is 16.0 Å². The van der Waals surface area contributed by atoms with Gasteiger partial charge in [-0.25, -0.2) is 0 Å². The molecular weight excluding hydrogens is 266 g/mol. The van der Waals surface area contributed by atoms with Gasteiger partial charge in [0.2, 0.25) is 11.8 Å². The Balaban J connectivity index is 3.24. The average Bonchev–Trinajstić information content (AvgIpc) is 2.47. The van der Waals surface area contributed by atoms with Crippen molar-refractivity contribution in [2.45, 2.75) is 65.2 Å². The summed E-state index contributed by atoms with van der Waals surface area (Å²) in [5, 5.41) is 8.97. The maximum atomic E-state index is 11.4. The number of rotatable bonds is 14. The van der Waals surface area contributed by atoms with Crippen LogP contribution >= 0.6 is 0 Å². The first-order valence-electron chi connectivity index (χ1n) is 8.44. The highest BCUT2D eigenvalue weighted by Gasteiger charge is 2.00. The summed E-state index contributed by atoms with van der Waals surface area (Å²) in [6, 6.07) is 0. The van der Waals surface area contributed by atoms with Gasteiger partial charge < -0.3 is 16.0 Å². The van der Waals surface area contributed by atoms with Crippen molar-refractivity contribution in [2.24, 2.45) is 0 Å². The van der Waals surface area contributed by atoms with Crippen LogP contribution < -0.4 is 16.0 Å². The molecule has 0 aromatic rings. The highest BCUT2D eigenvalue weighted by atomic mass is 16.2. The van der Waals surface area contributed by atoms with Crippen molar-refractivity contribution in [3.05, 3.63) is 0 Å². The number of unbranched alkanes of at least 4 members (excludes halogenated alkanes) is 4. The maximum absolute atomic E-state index is 11.4. The summed E-state index contributed by atoms with van der Waals surface area (Å²) in [5.41, 5.74) is 0. The van der Waals surface area contributed by atoms with Crippen molar-refractivity contribution >= 4 is 11.8 Å². The topological polar surface area (TPSA) is 70.2 Å². The normalized spacial score (nSPS) is 10.4. The van der Waals surface area contributed by atoms with Crippen molar-refractivity contribution in [1.29, 1.82) is 0 Å². The zero-order chi connectivity index (χ0) is 15.8. The molecule has 0 saturated carbocycles. The van der Waals surface area contributed by atoms with E-state index in [1.54, 1.807) is 0 Å². The third-order valence-electron chi connectivity index (χ3n) is 3.26. The van der Waals surface area contributed by atoms with Crippen molar-refractivity contribution in [2.75, 3.05) is 26.2 Å². The molecule has 0 aromatic carbocycles. The summed E-state index contributed by atoms with van der Waals surface area (Å²) in [7, 11) is 0. The molecule has 0 atom stereocenters. The number of amides is 2. The molecule has 0 aliphatic rings. The van der Waals surface area contributed by atoms with E-state index in [0.29, 0.717) is 25.9 Å². The molecule has 0 aliphatic carbocycles. The molecule has 0 bridgehead atoms. The molecule has 0 radical (unpaired) electrons. The number of carbonyl (C=O) groups excluding carboxylic acids is 2. The van der Waals surface area contributed by atoms with Gasteiger partial charge in [0.25, 0.3) is 0 Å². The quantitative estimate of drug-likeness (QED) is 0.429. The predicted molar refractivity (Wildman–Crippen MR) is 87.2 cm³/mol. The van der Waals surface area contributed by atoms with Gasteiger partial charge in [-0.1, -0.05) is 39.5 Å². The third-order valence-corrected chi connectivity index (χ3v) is 3.26. The van der Waals surface area contributed by atoms with Gasteiger partial charge in [0.15, 0.2) is 0 Å². The van der Waals surface area contributed by atoms with E-state index < -0.39 is 0 Å². The molecule has 5 nitrogen and oxygen atoms in total. The van der Waals surface area contributed by atoms with Crippen LogP contribution in [0, 0.1) is 0 Å². The fourth-order valence-electron chi connectivity index (χ4n) is 1.95. The Hall–Kier alpha value is -1.10. The van der Waals surface area contributed by atoms with E-state index in [-0.39, 0.29) is 11.8 Å². The largest absolute Gasteiger partial charge is 0.355 e. The van der Waals surface area contributed by atoms with E-state index in [1.807, 2.05) is 0 Å². The summed E-state index contributed by atoms with van der Waals surface area (Å²) >= 11 is 0. The molecule has 5 heteroatoms. The minimum Gasteiger partial charge on any atom is -0.355 e. The predicted octanol–water partition coefficient (Wildman–Crippen LogP) is 1.97. The standard InChI is InChI=1S/C16H33N3O2/c1-3-5-7-9-15(20)18-13-11-17-12-14-19-16(21)10-8-6-4-2/h17H,3-14H2,1-2H3,(H,18,20)(H,19,21). The van der Waals surface area contributed by atoms with Crippen molar-refractivity contribution in [3.63, 3.8) is 0 Å². The van der Waals surface area contributed by atoms with Gasteiger partial charge in [-0.05, 0) is 12.8 Å². The van der Waals surface area contributed by atoms with Crippen LogP contribution in [0.2, 0.25) is 0 Å². The summed E-state index contributed by atoms with van der Waals surface area (Å²) in [6.45, 7) is 7.04. The van der Waals surface area contributed by atoms with Gasteiger partial charge in [0.1, 0.15) is 0 Å². The van der Waals surface area contributed by atoms with Crippen LogP contribution in [0.4, 0.5) is 0 Å². The average molecular weight is 299 g/mol. The van der Waals surface area contributed by atoms with Crippen LogP contribution in [-0.4, -0.2) is 38.0 Å². The van der Waals surface area contributed by atoms with E-state index in [9.17, 15) is 9.59 Å². The van der Waals surface area contributed by atoms with Gasteiger partial charge in [-0.2, -0.15) is 0 Å². The fraction of sp³-hybridized carbons (Fsp3) is 0.875. The minimum absolute atomic E-state index is 0.134. The van der Waals surface area contributed by atoms with Gasteiger partial charge >= 0.3 is 0 Å². The molecule has 21 heavy (non-hydrogen) atoms. The molecule has 0 spiro atoms. The molecular formula is C16H33N3O2. The zero-order valence-corrected chi connectivity index (χ0v) is 13.8. The Bertz CT molecular complexity index is 244. The Morgan fingerprint density at radius 2 is 1.10 bits per heavy atom. The molecule has 0 saturated heterocycles. The van der Waals surface area contributed by atoms with Crippen LogP contribution in [0.1, 0.15) is 65.2 Å². The van der Waals surface area contributed by atoms with E-state index in [1.165, 1.54) is 0 Å². The molecule has 0 fully saturated rings. The first-order chi connectivity index (χ1) is 10.2. The SMILES string of the molecule is CCCCCC(=O)NCCNCCNC(=O)CCCCC. The fourth-order valence-corrected chi connectivity index (χ4v) is 1.95. The van der Waals surface area contributed by atoms with E-state index >= 15 is 0 Å². The monoisotopic (exact) mass is 299 g/mol. The zero-order valence-electron chi connectivity index (χ0n) is 13.8. The Kier molecular flexibility index (Phi) is 14.5. The molecule has 0 heterocycles. The lowest BCUT2D eigenvalue weighted by molar-refractivity contribution is -0.121. The van der Waals surface area contributed by atoms with Gasteiger partial charge in [0, 0.05) is 39.0 Å². The molecule has 0 rings (SSSR count). The smallest absolute Gasteiger partial charge is 0.220 e. The summed E-state index contributed by atoms with van der Waals surface area (Å²) in [4.78, 5) is 22.9. The van der Waals surface area contributed by atoms with Crippen LogP contribution in [0.5, 0.6) is 0 Å². The molecule has 124 valence electrons. The Morgan fingerprint density at radius 3 is 1.48 bits per heavy atom. The van der Waals surface area contributed by atoms with Crippen molar-refractivity contribution in [3.8, 4) is 0 Å². The lowest BCUT2D eigenvalue weighted by atomic mass is 10.2. The maximum Gasteiger partial charge on any atom is 0.220 e. The highest BCUT2D eigenvalue weighted by Crippen LogP contribution is 1.98. The van der Waals surface area contributed by atoms with Gasteiger partial charge in [-0.3, -0.25) is 9.59 Å². The van der Waals surface area contributed by atoms with Gasteiger partial charge in [-0.15, -0.1) is 0 Å².